The molecule has 1 N–H and O–H groups in total. The second kappa shape index (κ2) is 11.4. The molecule has 1 heterocycles. The Hall–Kier alpha value is -3.97. The summed E-state index contributed by atoms with van der Waals surface area (Å²) in [6, 6.07) is 24.5. The average Bonchev–Trinajstić information content (AvgIpc) is 3.19. The van der Waals surface area contributed by atoms with Crippen molar-refractivity contribution in [1.29, 1.82) is 0 Å². The van der Waals surface area contributed by atoms with E-state index < -0.39 is 5.97 Å². The van der Waals surface area contributed by atoms with E-state index in [1.807, 2.05) is 54.6 Å². The van der Waals surface area contributed by atoms with Crippen LogP contribution >= 0.6 is 11.8 Å². The van der Waals surface area contributed by atoms with Crippen molar-refractivity contribution >= 4 is 34.5 Å². The molecule has 4 rings (SSSR count). The fraction of sp³-hybridized carbons (Fsp3) is 0.143. The summed E-state index contributed by atoms with van der Waals surface area (Å²) in [4.78, 5) is 17.7. The molecule has 178 valence electrons. The van der Waals surface area contributed by atoms with Crippen LogP contribution in [0.15, 0.2) is 100 Å². The number of aliphatic imine (C=N–C) groups is 1. The van der Waals surface area contributed by atoms with Crippen LogP contribution in [0.3, 0.4) is 0 Å². The highest BCUT2D eigenvalue weighted by Gasteiger charge is 2.33. The summed E-state index contributed by atoms with van der Waals surface area (Å²) in [5.74, 6) is 0.570. The van der Waals surface area contributed by atoms with Gasteiger partial charge in [-0.3, -0.25) is 0 Å². The van der Waals surface area contributed by atoms with E-state index in [4.69, 9.17) is 14.2 Å². The monoisotopic (exact) mass is 487 g/mol. The minimum absolute atomic E-state index is 0.0432. The number of carbonyl (C=O) groups is 1. The summed E-state index contributed by atoms with van der Waals surface area (Å²) < 4.78 is 16.4. The van der Waals surface area contributed by atoms with Crippen molar-refractivity contribution in [3.63, 3.8) is 0 Å². The first-order valence-electron chi connectivity index (χ1n) is 11.1. The fourth-order valence-electron chi connectivity index (χ4n) is 3.37. The van der Waals surface area contributed by atoms with E-state index in [0.717, 1.165) is 11.1 Å². The van der Waals surface area contributed by atoms with Crippen molar-refractivity contribution in [2.45, 2.75) is 13.5 Å². The third-order valence-electron chi connectivity index (χ3n) is 5.12. The number of ether oxygens (including phenoxy) is 3. The lowest BCUT2D eigenvalue weighted by Gasteiger charge is -2.10. The first kappa shape index (κ1) is 24.2. The Labute approximate surface area is 208 Å². The quantitative estimate of drug-likeness (QED) is 0.367. The van der Waals surface area contributed by atoms with E-state index in [9.17, 15) is 9.90 Å². The second-order valence-electron chi connectivity index (χ2n) is 7.48. The average molecular weight is 488 g/mol. The summed E-state index contributed by atoms with van der Waals surface area (Å²) in [5, 5.41) is 11.3. The molecule has 0 saturated heterocycles. The number of nitrogens with zero attached hydrogens (tertiary/aromatic N) is 1. The number of esters is 1. The summed E-state index contributed by atoms with van der Waals surface area (Å²) in [6.45, 7) is 2.31. The standard InChI is InChI=1S/C28H25NO5S/c1-3-33-28(31)25-26(30)24(35-27(25)29-21-13-15-22(32-2)16-14-21)17-20-11-7-8-12-23(20)34-18-19-9-5-4-6-10-19/h4-17,30H,3,18H2,1-2H3. The number of hydrogen-bond acceptors (Lipinski definition) is 7. The lowest BCUT2D eigenvalue weighted by atomic mass is 10.1. The first-order valence-corrected chi connectivity index (χ1v) is 11.9. The highest BCUT2D eigenvalue weighted by atomic mass is 32.2. The van der Waals surface area contributed by atoms with Crippen LogP contribution in [0.1, 0.15) is 18.1 Å². The Bertz CT molecular complexity index is 1280. The van der Waals surface area contributed by atoms with Crippen molar-refractivity contribution in [3.05, 3.63) is 106 Å². The number of benzene rings is 3. The molecule has 0 unspecified atom stereocenters. The Kier molecular flexibility index (Phi) is 7.90. The summed E-state index contributed by atoms with van der Waals surface area (Å²) in [7, 11) is 1.59. The number of para-hydroxylation sites is 1. The largest absolute Gasteiger partial charge is 0.506 e. The van der Waals surface area contributed by atoms with Gasteiger partial charge in [-0.05, 0) is 48.9 Å². The molecule has 0 aliphatic carbocycles. The molecule has 6 nitrogen and oxygen atoms in total. The van der Waals surface area contributed by atoms with E-state index in [-0.39, 0.29) is 17.9 Å². The molecule has 3 aromatic rings. The van der Waals surface area contributed by atoms with Crippen molar-refractivity contribution in [3.8, 4) is 11.5 Å². The van der Waals surface area contributed by atoms with Gasteiger partial charge in [0, 0.05) is 5.56 Å². The molecule has 0 amide bonds. The maximum absolute atomic E-state index is 12.7. The molecule has 3 aromatic carbocycles. The lowest BCUT2D eigenvalue weighted by Crippen LogP contribution is -2.12. The zero-order valence-corrected chi connectivity index (χ0v) is 20.2. The summed E-state index contributed by atoms with van der Waals surface area (Å²) in [6.07, 6.45) is 1.79. The highest BCUT2D eigenvalue weighted by Crippen LogP contribution is 2.41. The zero-order valence-electron chi connectivity index (χ0n) is 19.4. The SMILES string of the molecule is CCOC(=O)C1=C(O)C(=Cc2ccccc2OCc2ccccc2)SC1=Nc1ccc(OC)cc1. The van der Waals surface area contributed by atoms with Crippen molar-refractivity contribution < 1.29 is 24.1 Å². The van der Waals surface area contributed by atoms with Gasteiger partial charge in [-0.15, -0.1) is 0 Å². The molecule has 7 heteroatoms. The van der Waals surface area contributed by atoms with Gasteiger partial charge >= 0.3 is 5.97 Å². The molecule has 0 radical (unpaired) electrons. The fourth-order valence-corrected chi connectivity index (χ4v) is 4.40. The minimum atomic E-state index is -0.623. The second-order valence-corrected chi connectivity index (χ2v) is 8.51. The van der Waals surface area contributed by atoms with Crippen LogP contribution in [0, 0.1) is 0 Å². The van der Waals surface area contributed by atoms with Crippen molar-refractivity contribution in [2.75, 3.05) is 13.7 Å². The summed E-state index contributed by atoms with van der Waals surface area (Å²) >= 11 is 1.20. The van der Waals surface area contributed by atoms with Gasteiger partial charge in [0.15, 0.2) is 0 Å². The molecular weight excluding hydrogens is 462 g/mol. The van der Waals surface area contributed by atoms with Gasteiger partial charge < -0.3 is 19.3 Å². The van der Waals surface area contributed by atoms with Crippen LogP contribution in [-0.2, 0) is 16.1 Å². The first-order chi connectivity index (χ1) is 17.1. The number of carbonyl (C=O) groups excluding carboxylic acids is 1. The predicted molar refractivity (Wildman–Crippen MR) is 139 cm³/mol. The lowest BCUT2D eigenvalue weighted by molar-refractivity contribution is -0.138. The molecule has 0 fully saturated rings. The Balaban J connectivity index is 1.66. The molecule has 1 aliphatic heterocycles. The van der Waals surface area contributed by atoms with E-state index in [2.05, 4.69) is 4.99 Å². The van der Waals surface area contributed by atoms with Crippen LogP contribution in [0.4, 0.5) is 5.69 Å². The van der Waals surface area contributed by atoms with Gasteiger partial charge in [0.1, 0.15) is 34.5 Å². The van der Waals surface area contributed by atoms with Gasteiger partial charge in [0.05, 0.1) is 24.3 Å². The Morgan fingerprint density at radius 1 is 1.00 bits per heavy atom. The normalized spacial score (nSPS) is 15.5. The maximum atomic E-state index is 12.7. The predicted octanol–water partition coefficient (Wildman–Crippen LogP) is 6.47. The van der Waals surface area contributed by atoms with Crippen molar-refractivity contribution in [1.82, 2.24) is 0 Å². The highest BCUT2D eigenvalue weighted by molar-refractivity contribution is 8.18. The molecule has 0 bridgehead atoms. The molecule has 0 saturated carbocycles. The van der Waals surface area contributed by atoms with E-state index >= 15 is 0 Å². The van der Waals surface area contributed by atoms with Crippen molar-refractivity contribution in [2.24, 2.45) is 4.99 Å². The molecular formula is C28H25NO5S. The smallest absolute Gasteiger partial charge is 0.344 e. The summed E-state index contributed by atoms with van der Waals surface area (Å²) in [5.41, 5.74) is 2.48. The van der Waals surface area contributed by atoms with Crippen LogP contribution in [0.25, 0.3) is 6.08 Å². The number of aliphatic hydroxyl groups excluding tert-OH is 1. The Morgan fingerprint density at radius 3 is 2.43 bits per heavy atom. The Morgan fingerprint density at radius 2 is 1.71 bits per heavy atom. The van der Waals surface area contributed by atoms with Crippen LogP contribution in [0.5, 0.6) is 11.5 Å². The van der Waals surface area contributed by atoms with E-state index in [0.29, 0.717) is 33.7 Å². The van der Waals surface area contributed by atoms with Gasteiger partial charge in [-0.1, -0.05) is 60.3 Å². The van der Waals surface area contributed by atoms with Gasteiger partial charge in [-0.2, -0.15) is 0 Å². The molecule has 0 aromatic heterocycles. The topological polar surface area (TPSA) is 77.4 Å². The minimum Gasteiger partial charge on any atom is -0.506 e. The number of methoxy groups -OCH3 is 1. The number of rotatable bonds is 8. The van der Waals surface area contributed by atoms with Gasteiger partial charge in [-0.25, -0.2) is 9.79 Å². The molecule has 0 spiro atoms. The van der Waals surface area contributed by atoms with Crippen LogP contribution in [-0.4, -0.2) is 29.8 Å². The molecule has 1 aliphatic rings. The third-order valence-corrected chi connectivity index (χ3v) is 6.14. The maximum Gasteiger partial charge on any atom is 0.344 e. The van der Waals surface area contributed by atoms with Gasteiger partial charge in [0.2, 0.25) is 0 Å². The zero-order chi connectivity index (χ0) is 24.6. The number of thioether (sulfide) groups is 1. The molecule has 0 atom stereocenters. The number of aliphatic hydroxyl groups is 1. The third kappa shape index (κ3) is 5.94. The van der Waals surface area contributed by atoms with Crippen LogP contribution < -0.4 is 9.47 Å². The van der Waals surface area contributed by atoms with Gasteiger partial charge in [0.25, 0.3) is 0 Å². The molecule has 35 heavy (non-hydrogen) atoms. The van der Waals surface area contributed by atoms with E-state index in [1.54, 1.807) is 44.4 Å². The van der Waals surface area contributed by atoms with Crippen LogP contribution in [0.2, 0.25) is 0 Å². The van der Waals surface area contributed by atoms with E-state index in [1.165, 1.54) is 11.8 Å². The number of hydrogen-bond donors (Lipinski definition) is 1.